The van der Waals surface area contributed by atoms with Gasteiger partial charge in [-0.15, -0.1) is 0 Å². The maximum Gasteiger partial charge on any atom is 0.322 e. The van der Waals surface area contributed by atoms with Crippen LogP contribution in [-0.4, -0.2) is 25.6 Å². The van der Waals surface area contributed by atoms with Gasteiger partial charge in [-0.1, -0.05) is 38.1 Å². The van der Waals surface area contributed by atoms with Crippen molar-refractivity contribution in [3.05, 3.63) is 83.8 Å². The van der Waals surface area contributed by atoms with Crippen molar-refractivity contribution in [2.75, 3.05) is 11.6 Å². The van der Waals surface area contributed by atoms with E-state index in [0.29, 0.717) is 23.9 Å². The Morgan fingerprint density at radius 1 is 1.03 bits per heavy atom. The molecule has 0 atom stereocenters. The first-order valence-corrected chi connectivity index (χ1v) is 11.7. The summed E-state index contributed by atoms with van der Waals surface area (Å²) in [6, 6.07) is 17.6. The number of benzene rings is 2. The third-order valence-electron chi connectivity index (χ3n) is 4.59. The molecule has 0 bridgehead atoms. The second kappa shape index (κ2) is 9.70. The summed E-state index contributed by atoms with van der Waals surface area (Å²) in [5.41, 5.74) is 2.72. The monoisotopic (exact) mass is 442 g/mol. The first-order chi connectivity index (χ1) is 14.7. The number of nitrogens with zero attached hydrogens (tertiary/aromatic N) is 1. The summed E-state index contributed by atoms with van der Waals surface area (Å²) in [5.74, 6) is 1.29. The largest absolute Gasteiger partial charge is 0.467 e. The molecule has 0 aliphatic heterocycles. The Hall–Kier alpha value is -3.26. The lowest BCUT2D eigenvalue weighted by Crippen LogP contribution is -2.34. The number of nitrogens with one attached hydrogen (secondary N) is 1. The highest BCUT2D eigenvalue weighted by Crippen LogP contribution is 2.20. The molecule has 2 aromatic carbocycles. The normalized spacial score (nSPS) is 11.4. The van der Waals surface area contributed by atoms with Crippen molar-refractivity contribution in [3.63, 3.8) is 0 Å². The molecule has 2 amide bonds. The molecule has 0 spiro atoms. The molecule has 7 nitrogen and oxygen atoms in total. The summed E-state index contributed by atoms with van der Waals surface area (Å²) in [6.07, 6.45) is 2.55. The maximum atomic E-state index is 13.0. The van der Waals surface area contributed by atoms with Gasteiger partial charge in [-0.3, -0.25) is 0 Å². The number of furan rings is 1. The van der Waals surface area contributed by atoms with Crippen molar-refractivity contribution in [3.8, 4) is 5.75 Å². The minimum atomic E-state index is -3.59. The Balaban J connectivity index is 1.73. The predicted molar refractivity (Wildman–Crippen MR) is 119 cm³/mol. The van der Waals surface area contributed by atoms with E-state index in [1.165, 1.54) is 5.56 Å². The minimum absolute atomic E-state index is 0.221. The molecule has 0 radical (unpaired) electrons. The van der Waals surface area contributed by atoms with Gasteiger partial charge in [-0.2, -0.15) is 8.42 Å². The fraction of sp³-hybridized carbons (Fsp3) is 0.261. The summed E-state index contributed by atoms with van der Waals surface area (Å²) in [7, 11) is -3.59. The van der Waals surface area contributed by atoms with E-state index in [2.05, 4.69) is 19.2 Å². The summed E-state index contributed by atoms with van der Waals surface area (Å²) in [5, 5.41) is 2.92. The van der Waals surface area contributed by atoms with Crippen molar-refractivity contribution in [2.24, 2.45) is 0 Å². The lowest BCUT2D eigenvalue weighted by molar-refractivity contribution is 0.201. The lowest BCUT2D eigenvalue weighted by atomic mass is 10.0. The van der Waals surface area contributed by atoms with Gasteiger partial charge in [0.25, 0.3) is 0 Å². The van der Waals surface area contributed by atoms with Gasteiger partial charge in [0.2, 0.25) is 0 Å². The third kappa shape index (κ3) is 6.89. The SMILES string of the molecule is CC(C)c1ccc(NC(=O)N(Cc2ccc(OS(C)(=O)=O)cc2)Cc2ccco2)cc1. The van der Waals surface area contributed by atoms with Gasteiger partial charge in [-0.05, 0) is 53.4 Å². The van der Waals surface area contributed by atoms with Crippen molar-refractivity contribution >= 4 is 21.8 Å². The van der Waals surface area contributed by atoms with Gasteiger partial charge in [0.1, 0.15) is 11.5 Å². The molecule has 3 aromatic rings. The number of amides is 2. The van der Waals surface area contributed by atoms with Crippen LogP contribution in [0.2, 0.25) is 0 Å². The first-order valence-electron chi connectivity index (χ1n) is 9.86. The van der Waals surface area contributed by atoms with Gasteiger partial charge in [0.15, 0.2) is 0 Å². The van der Waals surface area contributed by atoms with E-state index in [1.54, 1.807) is 47.6 Å². The van der Waals surface area contributed by atoms with Crippen molar-refractivity contribution in [2.45, 2.75) is 32.9 Å². The molecule has 31 heavy (non-hydrogen) atoms. The van der Waals surface area contributed by atoms with E-state index >= 15 is 0 Å². The minimum Gasteiger partial charge on any atom is -0.467 e. The fourth-order valence-corrected chi connectivity index (χ4v) is 3.45. The van der Waals surface area contributed by atoms with Gasteiger partial charge in [0, 0.05) is 12.2 Å². The standard InChI is InChI=1S/C23H26N2O5S/c1-17(2)19-8-10-20(11-9-19)24-23(26)25(16-22-5-4-14-29-22)15-18-6-12-21(13-7-18)30-31(3,27)28/h4-14,17H,15-16H2,1-3H3,(H,24,26). The van der Waals surface area contributed by atoms with Gasteiger partial charge in [0.05, 0.1) is 19.1 Å². The van der Waals surface area contributed by atoms with Crippen LogP contribution < -0.4 is 9.50 Å². The summed E-state index contributed by atoms with van der Waals surface area (Å²) in [6.45, 7) is 4.82. The van der Waals surface area contributed by atoms with E-state index in [0.717, 1.165) is 11.8 Å². The summed E-state index contributed by atoms with van der Waals surface area (Å²) < 4.78 is 32.8. The lowest BCUT2D eigenvalue weighted by Gasteiger charge is -2.22. The highest BCUT2D eigenvalue weighted by Gasteiger charge is 2.17. The molecule has 0 fully saturated rings. The first kappa shape index (κ1) is 22.4. The zero-order valence-electron chi connectivity index (χ0n) is 17.7. The molecule has 1 heterocycles. The topological polar surface area (TPSA) is 88.9 Å². The Kier molecular flexibility index (Phi) is 7.02. The second-order valence-corrected chi connectivity index (χ2v) is 9.15. The Morgan fingerprint density at radius 3 is 2.26 bits per heavy atom. The molecule has 0 unspecified atom stereocenters. The number of hydrogen-bond donors (Lipinski definition) is 1. The van der Waals surface area contributed by atoms with Crippen LogP contribution in [0.15, 0.2) is 71.3 Å². The average molecular weight is 443 g/mol. The van der Waals surface area contributed by atoms with Crippen LogP contribution >= 0.6 is 0 Å². The predicted octanol–water partition coefficient (Wildman–Crippen LogP) is 4.98. The number of hydrogen-bond acceptors (Lipinski definition) is 5. The van der Waals surface area contributed by atoms with E-state index in [4.69, 9.17) is 8.60 Å². The number of carbonyl (C=O) groups excluding carboxylic acids is 1. The van der Waals surface area contributed by atoms with Crippen LogP contribution in [0.4, 0.5) is 10.5 Å². The zero-order valence-corrected chi connectivity index (χ0v) is 18.6. The smallest absolute Gasteiger partial charge is 0.322 e. The number of anilines is 1. The molecule has 8 heteroatoms. The van der Waals surface area contributed by atoms with Crippen LogP contribution in [-0.2, 0) is 23.2 Å². The molecule has 0 aliphatic carbocycles. The quantitative estimate of drug-likeness (QED) is 0.497. The number of rotatable bonds is 8. The van der Waals surface area contributed by atoms with Crippen LogP contribution in [0.1, 0.15) is 36.7 Å². The van der Waals surface area contributed by atoms with Gasteiger partial charge < -0.3 is 18.8 Å². The molecule has 164 valence electrons. The Bertz CT molecular complexity index is 1090. The van der Waals surface area contributed by atoms with E-state index < -0.39 is 10.1 Å². The molecule has 3 rings (SSSR count). The molecule has 1 N–H and O–H groups in total. The van der Waals surface area contributed by atoms with Crippen molar-refractivity contribution in [1.82, 2.24) is 4.90 Å². The van der Waals surface area contributed by atoms with Crippen LogP contribution in [0, 0.1) is 0 Å². The van der Waals surface area contributed by atoms with Gasteiger partial charge in [-0.25, -0.2) is 4.79 Å². The molecular weight excluding hydrogens is 416 g/mol. The van der Waals surface area contributed by atoms with Crippen LogP contribution in [0.5, 0.6) is 5.75 Å². The fourth-order valence-electron chi connectivity index (χ4n) is 2.99. The molecule has 0 saturated carbocycles. The van der Waals surface area contributed by atoms with Crippen molar-refractivity contribution < 1.29 is 21.8 Å². The number of urea groups is 1. The molecule has 0 aliphatic rings. The summed E-state index contributed by atoms with van der Waals surface area (Å²) >= 11 is 0. The zero-order chi connectivity index (χ0) is 22.4. The Labute approximate surface area is 182 Å². The molecular formula is C23H26N2O5S. The van der Waals surface area contributed by atoms with E-state index in [1.807, 2.05) is 24.3 Å². The maximum absolute atomic E-state index is 13.0. The van der Waals surface area contributed by atoms with Crippen molar-refractivity contribution in [1.29, 1.82) is 0 Å². The molecule has 0 saturated heterocycles. The third-order valence-corrected chi connectivity index (χ3v) is 5.08. The highest BCUT2D eigenvalue weighted by atomic mass is 32.2. The Morgan fingerprint density at radius 2 is 1.71 bits per heavy atom. The molecule has 1 aromatic heterocycles. The second-order valence-electron chi connectivity index (χ2n) is 7.57. The van der Waals surface area contributed by atoms with Crippen LogP contribution in [0.25, 0.3) is 0 Å². The van der Waals surface area contributed by atoms with E-state index in [9.17, 15) is 13.2 Å². The number of carbonyl (C=O) groups is 1. The highest BCUT2D eigenvalue weighted by molar-refractivity contribution is 7.86. The van der Waals surface area contributed by atoms with Crippen LogP contribution in [0.3, 0.4) is 0 Å². The van der Waals surface area contributed by atoms with E-state index in [-0.39, 0.29) is 18.3 Å². The summed E-state index contributed by atoms with van der Waals surface area (Å²) in [4.78, 5) is 14.6. The van der Waals surface area contributed by atoms with Gasteiger partial charge >= 0.3 is 16.1 Å². The average Bonchev–Trinajstić information content (AvgIpc) is 3.21.